The maximum Gasteiger partial charge on any atom is 0.136 e. The summed E-state index contributed by atoms with van der Waals surface area (Å²) >= 11 is 0. The summed E-state index contributed by atoms with van der Waals surface area (Å²) in [6, 6.07) is 41.4. The van der Waals surface area contributed by atoms with Crippen molar-refractivity contribution >= 4 is 33.0 Å². The summed E-state index contributed by atoms with van der Waals surface area (Å²) in [5.74, 6) is 0. The van der Waals surface area contributed by atoms with Crippen LogP contribution in [0, 0.1) is 0 Å². The van der Waals surface area contributed by atoms with E-state index in [0.29, 0.717) is 0 Å². The molecule has 0 aliphatic carbocycles. The van der Waals surface area contributed by atoms with Crippen LogP contribution in [0.25, 0.3) is 66.6 Å². The molecule has 5 aromatic carbocycles. The number of para-hydroxylation sites is 1. The van der Waals surface area contributed by atoms with Crippen LogP contribution in [0.4, 0.5) is 0 Å². The van der Waals surface area contributed by atoms with E-state index in [4.69, 9.17) is 14.4 Å². The van der Waals surface area contributed by atoms with E-state index in [1.165, 1.54) is 0 Å². The van der Waals surface area contributed by atoms with Gasteiger partial charge in [-0.3, -0.25) is 0 Å². The van der Waals surface area contributed by atoms with E-state index < -0.39 is 0 Å². The van der Waals surface area contributed by atoms with Gasteiger partial charge in [0.05, 0.1) is 22.4 Å². The third kappa shape index (κ3) is 3.37. The van der Waals surface area contributed by atoms with Gasteiger partial charge in [-0.05, 0) is 41.5 Å². The number of aromatic nitrogens is 2. The fraction of sp³-hybridized carbons (Fsp3) is 0. The van der Waals surface area contributed by atoms with E-state index in [9.17, 15) is 0 Å². The molecule has 0 radical (unpaired) electrons. The molecule has 0 bridgehead atoms. The van der Waals surface area contributed by atoms with Crippen molar-refractivity contribution in [1.82, 2.24) is 9.97 Å². The van der Waals surface area contributed by atoms with Crippen LogP contribution < -0.4 is 0 Å². The molecule has 2 aromatic heterocycles. The molecule has 3 nitrogen and oxygen atoms in total. The topological polar surface area (TPSA) is 38.9 Å². The molecule has 35 heavy (non-hydrogen) atoms. The van der Waals surface area contributed by atoms with Crippen molar-refractivity contribution in [1.29, 1.82) is 0 Å². The van der Waals surface area contributed by atoms with Gasteiger partial charge in [0.25, 0.3) is 0 Å². The van der Waals surface area contributed by atoms with Gasteiger partial charge >= 0.3 is 0 Å². The first-order valence-corrected chi connectivity index (χ1v) is 11.7. The second-order valence-electron chi connectivity index (χ2n) is 8.67. The Balaban J connectivity index is 1.40. The average Bonchev–Trinajstić information content (AvgIpc) is 3.31. The van der Waals surface area contributed by atoms with Gasteiger partial charge in [-0.2, -0.15) is 0 Å². The molecule has 0 aliphatic rings. The Morgan fingerprint density at radius 1 is 0.400 bits per heavy atom. The Morgan fingerprint density at radius 2 is 0.971 bits per heavy atom. The molecule has 0 aliphatic heterocycles. The van der Waals surface area contributed by atoms with Gasteiger partial charge in [-0.1, -0.05) is 91.0 Å². The number of nitrogens with zero attached hydrogens (tertiary/aromatic N) is 2. The Labute approximate surface area is 202 Å². The second-order valence-corrected chi connectivity index (χ2v) is 8.67. The highest BCUT2D eigenvalue weighted by Crippen LogP contribution is 2.34. The summed E-state index contributed by atoms with van der Waals surface area (Å²) < 4.78 is 6.12. The van der Waals surface area contributed by atoms with Gasteiger partial charge in [0.15, 0.2) is 0 Å². The molecular weight excluding hydrogens is 428 g/mol. The molecule has 7 aromatic rings. The Kier molecular flexibility index (Phi) is 4.46. The highest BCUT2D eigenvalue weighted by Gasteiger charge is 2.14. The Bertz CT molecular complexity index is 1840. The Hall–Kier alpha value is -4.76. The predicted molar refractivity (Wildman–Crippen MR) is 143 cm³/mol. The second kappa shape index (κ2) is 7.93. The summed E-state index contributed by atoms with van der Waals surface area (Å²) in [5.41, 5.74) is 9.59. The van der Waals surface area contributed by atoms with Gasteiger partial charge in [0, 0.05) is 21.9 Å². The molecule has 0 spiro atoms. The molecule has 2 heterocycles. The lowest BCUT2D eigenvalue weighted by Gasteiger charge is -2.11. The molecule has 0 saturated carbocycles. The van der Waals surface area contributed by atoms with Crippen LogP contribution in [0.5, 0.6) is 0 Å². The quantitative estimate of drug-likeness (QED) is 0.272. The lowest BCUT2D eigenvalue weighted by molar-refractivity contribution is 0.669. The van der Waals surface area contributed by atoms with Gasteiger partial charge in [0.2, 0.25) is 0 Å². The zero-order chi connectivity index (χ0) is 23.2. The molecule has 0 unspecified atom stereocenters. The number of fused-ring (bicyclic) bond motifs is 4. The Morgan fingerprint density at radius 3 is 1.71 bits per heavy atom. The smallest absolute Gasteiger partial charge is 0.136 e. The number of hydrogen-bond acceptors (Lipinski definition) is 3. The first-order valence-electron chi connectivity index (χ1n) is 11.7. The van der Waals surface area contributed by atoms with Gasteiger partial charge in [-0.15, -0.1) is 0 Å². The third-order valence-electron chi connectivity index (χ3n) is 6.47. The number of benzene rings is 5. The van der Waals surface area contributed by atoms with Crippen LogP contribution in [-0.4, -0.2) is 9.97 Å². The molecule has 0 atom stereocenters. The fourth-order valence-electron chi connectivity index (χ4n) is 4.73. The molecule has 0 N–H and O–H groups in total. The molecule has 7 rings (SSSR count). The lowest BCUT2D eigenvalue weighted by atomic mass is 10.0. The van der Waals surface area contributed by atoms with Crippen LogP contribution in [-0.2, 0) is 0 Å². The van der Waals surface area contributed by atoms with E-state index in [0.717, 1.165) is 66.6 Å². The van der Waals surface area contributed by atoms with E-state index in [1.54, 1.807) is 0 Å². The van der Waals surface area contributed by atoms with E-state index in [-0.39, 0.29) is 0 Å². The van der Waals surface area contributed by atoms with Crippen molar-refractivity contribution in [2.45, 2.75) is 0 Å². The van der Waals surface area contributed by atoms with Crippen LogP contribution >= 0.6 is 0 Å². The standard InChI is InChI=1S/C32H20N2O/c1-3-9-21(10-4-1)31-32(22-11-5-2-6-12-22)34-28-19-23(16-18-27(28)33-31)24-15-17-26-25-13-7-8-14-29(25)35-30(26)20-24/h1-20H. The summed E-state index contributed by atoms with van der Waals surface area (Å²) in [7, 11) is 0. The van der Waals surface area contributed by atoms with Crippen molar-refractivity contribution < 1.29 is 4.42 Å². The summed E-state index contributed by atoms with van der Waals surface area (Å²) in [4.78, 5) is 10.2. The minimum absolute atomic E-state index is 0.866. The van der Waals surface area contributed by atoms with E-state index in [1.807, 2.05) is 54.6 Å². The van der Waals surface area contributed by atoms with Gasteiger partial charge in [0.1, 0.15) is 11.2 Å². The predicted octanol–water partition coefficient (Wildman–Crippen LogP) is 8.53. The largest absolute Gasteiger partial charge is 0.456 e. The lowest BCUT2D eigenvalue weighted by Crippen LogP contribution is -1.95. The fourth-order valence-corrected chi connectivity index (χ4v) is 4.73. The molecule has 3 heteroatoms. The third-order valence-corrected chi connectivity index (χ3v) is 6.47. The maximum atomic E-state index is 6.12. The highest BCUT2D eigenvalue weighted by molar-refractivity contribution is 6.06. The number of hydrogen-bond donors (Lipinski definition) is 0. The van der Waals surface area contributed by atoms with Crippen molar-refractivity contribution in [3.05, 3.63) is 121 Å². The monoisotopic (exact) mass is 448 g/mol. The minimum atomic E-state index is 0.866. The molecule has 164 valence electrons. The molecule has 0 amide bonds. The summed E-state index contributed by atoms with van der Waals surface area (Å²) in [6.07, 6.45) is 0. The van der Waals surface area contributed by atoms with Crippen LogP contribution in [0.15, 0.2) is 126 Å². The van der Waals surface area contributed by atoms with Crippen molar-refractivity contribution in [3.8, 4) is 33.6 Å². The SMILES string of the molecule is c1ccc(-c2nc3ccc(-c4ccc5c(c4)oc4ccccc45)cc3nc2-c2ccccc2)cc1. The summed E-state index contributed by atoms with van der Waals surface area (Å²) in [6.45, 7) is 0. The minimum Gasteiger partial charge on any atom is -0.456 e. The number of furan rings is 1. The first-order chi connectivity index (χ1) is 17.3. The van der Waals surface area contributed by atoms with Crippen LogP contribution in [0.2, 0.25) is 0 Å². The zero-order valence-electron chi connectivity index (χ0n) is 18.8. The van der Waals surface area contributed by atoms with Crippen molar-refractivity contribution in [2.75, 3.05) is 0 Å². The zero-order valence-corrected chi connectivity index (χ0v) is 18.8. The van der Waals surface area contributed by atoms with Crippen LogP contribution in [0.3, 0.4) is 0 Å². The van der Waals surface area contributed by atoms with Gasteiger partial charge < -0.3 is 4.42 Å². The van der Waals surface area contributed by atoms with E-state index in [2.05, 4.69) is 66.7 Å². The average molecular weight is 449 g/mol. The normalized spacial score (nSPS) is 11.4. The van der Waals surface area contributed by atoms with Gasteiger partial charge in [-0.25, -0.2) is 9.97 Å². The highest BCUT2D eigenvalue weighted by atomic mass is 16.3. The van der Waals surface area contributed by atoms with Crippen molar-refractivity contribution in [3.63, 3.8) is 0 Å². The molecule has 0 fully saturated rings. The molecular formula is C32H20N2O. The van der Waals surface area contributed by atoms with E-state index >= 15 is 0 Å². The van der Waals surface area contributed by atoms with Crippen LogP contribution in [0.1, 0.15) is 0 Å². The van der Waals surface area contributed by atoms with Crippen molar-refractivity contribution in [2.24, 2.45) is 0 Å². The summed E-state index contributed by atoms with van der Waals surface area (Å²) in [5, 5.41) is 2.27. The molecule has 0 saturated heterocycles. The maximum absolute atomic E-state index is 6.12. The first kappa shape index (κ1) is 19.7. The number of rotatable bonds is 3.